The second-order valence-corrected chi connectivity index (χ2v) is 6.13. The van der Waals surface area contributed by atoms with E-state index in [-0.39, 0.29) is 5.56 Å². The number of rotatable bonds is 4. The van der Waals surface area contributed by atoms with Crippen molar-refractivity contribution in [3.05, 3.63) is 74.4 Å². The van der Waals surface area contributed by atoms with Gasteiger partial charge in [0.05, 0.1) is 16.9 Å². The van der Waals surface area contributed by atoms with E-state index in [0.29, 0.717) is 16.7 Å². The average molecular weight is 356 g/mol. The van der Waals surface area contributed by atoms with Gasteiger partial charge in [-0.2, -0.15) is 5.10 Å². The van der Waals surface area contributed by atoms with E-state index in [0.717, 1.165) is 22.6 Å². The van der Waals surface area contributed by atoms with Crippen LogP contribution in [0.2, 0.25) is 5.02 Å². The fourth-order valence-electron chi connectivity index (χ4n) is 2.72. The molecule has 0 fully saturated rings. The molecule has 2 aromatic heterocycles. The lowest BCUT2D eigenvalue weighted by atomic mass is 10.2. The van der Waals surface area contributed by atoms with Crippen LogP contribution in [-0.4, -0.2) is 20.7 Å². The fourth-order valence-corrected chi connectivity index (χ4v) is 2.94. The number of benzene rings is 1. The predicted molar refractivity (Wildman–Crippen MR) is 101 cm³/mol. The van der Waals surface area contributed by atoms with Crippen molar-refractivity contribution in [1.82, 2.24) is 14.5 Å². The Labute approximate surface area is 150 Å². The summed E-state index contributed by atoms with van der Waals surface area (Å²) in [6.07, 6.45) is 1.69. The number of halogens is 1. The van der Waals surface area contributed by atoms with Gasteiger partial charge < -0.3 is 4.57 Å². The molecule has 0 aliphatic carbocycles. The van der Waals surface area contributed by atoms with Gasteiger partial charge in [-0.15, -0.1) is 0 Å². The molecule has 6 nitrogen and oxygen atoms in total. The molecule has 7 heteroatoms. The molecule has 0 radical (unpaired) electrons. The molecular weight excluding hydrogens is 338 g/mol. The molecule has 3 rings (SSSR count). The first-order valence-electron chi connectivity index (χ1n) is 7.76. The minimum Gasteiger partial charge on any atom is -0.316 e. The van der Waals surface area contributed by atoms with Crippen molar-refractivity contribution in [3.63, 3.8) is 0 Å². The number of aryl methyl sites for hydroxylation is 2. The molecule has 0 bridgehead atoms. The Morgan fingerprint density at radius 1 is 1.24 bits per heavy atom. The normalized spacial score (nSPS) is 11.2. The van der Waals surface area contributed by atoms with Crippen LogP contribution in [0.5, 0.6) is 0 Å². The van der Waals surface area contributed by atoms with Gasteiger partial charge in [0.2, 0.25) is 5.95 Å². The number of para-hydroxylation sites is 1. The Kier molecular flexibility index (Phi) is 4.72. The van der Waals surface area contributed by atoms with E-state index in [1.165, 1.54) is 6.07 Å². The summed E-state index contributed by atoms with van der Waals surface area (Å²) < 4.78 is 2.08. The van der Waals surface area contributed by atoms with Crippen LogP contribution in [0.3, 0.4) is 0 Å². The lowest BCUT2D eigenvalue weighted by Crippen LogP contribution is -2.10. The SMILES string of the molecule is Cc1cc(=O)[nH]c(N/N=C\c2cc(C)n(-c3ccccc3Cl)c2C)n1. The lowest BCUT2D eigenvalue weighted by molar-refractivity contribution is 0.965. The third-order valence-corrected chi connectivity index (χ3v) is 4.13. The van der Waals surface area contributed by atoms with Crippen LogP contribution in [-0.2, 0) is 0 Å². The molecular formula is C18H18ClN5O. The molecule has 0 saturated carbocycles. The molecule has 0 spiro atoms. The number of H-pyrrole nitrogens is 1. The topological polar surface area (TPSA) is 75.1 Å². The molecule has 0 aliphatic heterocycles. The molecule has 2 heterocycles. The molecule has 0 amide bonds. The summed E-state index contributed by atoms with van der Waals surface area (Å²) in [4.78, 5) is 18.2. The van der Waals surface area contributed by atoms with E-state index < -0.39 is 0 Å². The van der Waals surface area contributed by atoms with Gasteiger partial charge in [-0.3, -0.25) is 9.78 Å². The standard InChI is InChI=1S/C18H18ClN5O/c1-11-8-17(25)22-18(21-11)23-20-10-14-9-12(2)24(13(14)3)16-7-5-4-6-15(16)19/h4-10H,1-3H3,(H2,21,22,23,25)/b20-10-. The van der Waals surface area contributed by atoms with E-state index in [9.17, 15) is 4.79 Å². The maximum Gasteiger partial charge on any atom is 0.252 e. The first-order chi connectivity index (χ1) is 12.0. The number of hydrogen-bond acceptors (Lipinski definition) is 4. The van der Waals surface area contributed by atoms with Crippen LogP contribution in [0.4, 0.5) is 5.95 Å². The van der Waals surface area contributed by atoms with E-state index in [1.54, 1.807) is 13.1 Å². The second kappa shape index (κ2) is 6.94. The van der Waals surface area contributed by atoms with Gasteiger partial charge in [-0.05, 0) is 39.0 Å². The minimum absolute atomic E-state index is 0.220. The second-order valence-electron chi connectivity index (χ2n) is 5.72. The van der Waals surface area contributed by atoms with Crippen molar-refractivity contribution in [3.8, 4) is 5.69 Å². The van der Waals surface area contributed by atoms with Gasteiger partial charge in [0, 0.05) is 28.7 Å². The van der Waals surface area contributed by atoms with Crippen LogP contribution in [0, 0.1) is 20.8 Å². The maximum absolute atomic E-state index is 11.4. The molecule has 0 atom stereocenters. The van der Waals surface area contributed by atoms with Crippen molar-refractivity contribution in [2.75, 3.05) is 5.43 Å². The molecule has 128 valence electrons. The zero-order chi connectivity index (χ0) is 18.0. The predicted octanol–water partition coefficient (Wildman–Crippen LogP) is 3.59. The Bertz CT molecular complexity index is 1000. The number of aromatic amines is 1. The van der Waals surface area contributed by atoms with Gasteiger partial charge in [-0.1, -0.05) is 23.7 Å². The highest BCUT2D eigenvalue weighted by atomic mass is 35.5. The number of hydrazone groups is 1. The first-order valence-corrected chi connectivity index (χ1v) is 8.14. The molecule has 1 aromatic carbocycles. The van der Waals surface area contributed by atoms with E-state index in [2.05, 4.69) is 25.1 Å². The van der Waals surface area contributed by atoms with Gasteiger partial charge >= 0.3 is 0 Å². The average Bonchev–Trinajstić information content (AvgIpc) is 2.81. The number of aromatic nitrogens is 3. The Morgan fingerprint density at radius 3 is 2.72 bits per heavy atom. The molecule has 0 unspecified atom stereocenters. The fraction of sp³-hybridized carbons (Fsp3) is 0.167. The Hall–Kier alpha value is -2.86. The first kappa shape index (κ1) is 17.0. The highest BCUT2D eigenvalue weighted by Crippen LogP contribution is 2.25. The van der Waals surface area contributed by atoms with Crippen LogP contribution in [0.25, 0.3) is 5.69 Å². The summed E-state index contributed by atoms with van der Waals surface area (Å²) in [5, 5.41) is 4.86. The Morgan fingerprint density at radius 2 is 2.00 bits per heavy atom. The summed E-state index contributed by atoms with van der Waals surface area (Å²) in [6, 6.07) is 11.1. The molecule has 0 saturated heterocycles. The molecule has 3 aromatic rings. The molecule has 25 heavy (non-hydrogen) atoms. The van der Waals surface area contributed by atoms with E-state index in [1.807, 2.05) is 44.2 Å². The summed E-state index contributed by atoms with van der Waals surface area (Å²) in [5.41, 5.74) is 7.09. The van der Waals surface area contributed by atoms with Crippen LogP contribution in [0.15, 0.2) is 46.3 Å². The van der Waals surface area contributed by atoms with Crippen LogP contribution in [0.1, 0.15) is 22.6 Å². The third kappa shape index (κ3) is 3.64. The van der Waals surface area contributed by atoms with Crippen molar-refractivity contribution < 1.29 is 0 Å². The zero-order valence-corrected chi connectivity index (χ0v) is 14.9. The highest BCUT2D eigenvalue weighted by Gasteiger charge is 2.11. The number of nitrogens with zero attached hydrogens (tertiary/aromatic N) is 3. The van der Waals surface area contributed by atoms with Gasteiger partial charge in [0.15, 0.2) is 0 Å². The van der Waals surface area contributed by atoms with Crippen molar-refractivity contribution in [2.45, 2.75) is 20.8 Å². The largest absolute Gasteiger partial charge is 0.316 e. The smallest absolute Gasteiger partial charge is 0.252 e. The number of hydrogen-bond donors (Lipinski definition) is 2. The summed E-state index contributed by atoms with van der Waals surface area (Å²) in [6.45, 7) is 5.77. The maximum atomic E-state index is 11.4. The molecule has 2 N–H and O–H groups in total. The Balaban J connectivity index is 1.88. The monoisotopic (exact) mass is 355 g/mol. The highest BCUT2D eigenvalue weighted by molar-refractivity contribution is 6.32. The summed E-state index contributed by atoms with van der Waals surface area (Å²) in [7, 11) is 0. The van der Waals surface area contributed by atoms with Crippen molar-refractivity contribution in [2.24, 2.45) is 5.10 Å². The van der Waals surface area contributed by atoms with Crippen LogP contribution < -0.4 is 11.0 Å². The summed E-state index contributed by atoms with van der Waals surface area (Å²) >= 11 is 6.32. The van der Waals surface area contributed by atoms with Crippen molar-refractivity contribution >= 4 is 23.8 Å². The lowest BCUT2D eigenvalue weighted by Gasteiger charge is -2.11. The zero-order valence-electron chi connectivity index (χ0n) is 14.2. The number of nitrogens with one attached hydrogen (secondary N) is 2. The molecule has 0 aliphatic rings. The van der Waals surface area contributed by atoms with E-state index in [4.69, 9.17) is 11.6 Å². The number of anilines is 1. The summed E-state index contributed by atoms with van der Waals surface area (Å²) in [5.74, 6) is 0.307. The van der Waals surface area contributed by atoms with E-state index >= 15 is 0 Å². The van der Waals surface area contributed by atoms with Crippen molar-refractivity contribution in [1.29, 1.82) is 0 Å². The van der Waals surface area contributed by atoms with Gasteiger partial charge in [0.1, 0.15) is 0 Å². The van der Waals surface area contributed by atoms with Gasteiger partial charge in [-0.25, -0.2) is 10.4 Å². The van der Waals surface area contributed by atoms with Gasteiger partial charge in [0.25, 0.3) is 5.56 Å². The van der Waals surface area contributed by atoms with Crippen LogP contribution >= 0.6 is 11.6 Å². The quantitative estimate of drug-likeness (QED) is 0.554. The minimum atomic E-state index is -0.220. The third-order valence-electron chi connectivity index (χ3n) is 3.81.